The van der Waals surface area contributed by atoms with E-state index in [0.717, 1.165) is 44.6 Å². The maximum Gasteiger partial charge on any atom is 0.198 e. The highest BCUT2D eigenvalue weighted by molar-refractivity contribution is 7.92. The molecule has 2 aliphatic rings. The van der Waals surface area contributed by atoms with Gasteiger partial charge >= 0.3 is 0 Å². The van der Waals surface area contributed by atoms with Crippen LogP contribution < -0.4 is 5.32 Å². The van der Waals surface area contributed by atoms with Gasteiger partial charge in [0.05, 0.1) is 15.9 Å². The summed E-state index contributed by atoms with van der Waals surface area (Å²) in [7, 11) is -6.68. The van der Waals surface area contributed by atoms with Crippen molar-refractivity contribution >= 4 is 25.8 Å². The Hall–Kier alpha value is -1.48. The summed E-state index contributed by atoms with van der Waals surface area (Å²) in [6.07, 6.45) is 8.21. The second-order valence-electron chi connectivity index (χ2n) is 7.66. The molecule has 0 aromatic heterocycles. The minimum atomic E-state index is -3.53. The van der Waals surface area contributed by atoms with Crippen LogP contribution in [-0.2, 0) is 19.7 Å². The molecule has 1 aromatic rings. The third-order valence-corrected chi connectivity index (χ3v) is 9.86. The first-order chi connectivity index (χ1) is 13.8. The summed E-state index contributed by atoms with van der Waals surface area (Å²) in [6.45, 7) is 6.74. The van der Waals surface area contributed by atoms with Crippen molar-refractivity contribution in [3.05, 3.63) is 48.6 Å². The van der Waals surface area contributed by atoms with Gasteiger partial charge in [-0.1, -0.05) is 30.4 Å². The number of benzene rings is 1. The molecule has 1 unspecified atom stereocenters. The van der Waals surface area contributed by atoms with Gasteiger partial charge in [0.15, 0.2) is 19.7 Å². The highest BCUT2D eigenvalue weighted by Crippen LogP contribution is 2.24. The lowest BCUT2D eigenvalue weighted by atomic mass is 10.2. The van der Waals surface area contributed by atoms with Crippen LogP contribution in [0.25, 0.3) is 6.08 Å². The van der Waals surface area contributed by atoms with Crippen LogP contribution >= 0.6 is 0 Å². The Morgan fingerprint density at radius 2 is 1.69 bits per heavy atom. The number of hydrogen-bond donors (Lipinski definition) is 1. The molecule has 2 heterocycles. The van der Waals surface area contributed by atoms with Crippen LogP contribution in [0.4, 0.5) is 0 Å². The molecule has 0 saturated carbocycles. The van der Waals surface area contributed by atoms with Gasteiger partial charge in [-0.15, -0.1) is 6.58 Å². The minimum Gasteiger partial charge on any atom is -0.317 e. The van der Waals surface area contributed by atoms with E-state index in [1.807, 2.05) is 4.90 Å². The van der Waals surface area contributed by atoms with E-state index in [2.05, 4.69) is 11.9 Å². The number of nitrogens with one attached hydrogen (secondary N) is 1. The van der Waals surface area contributed by atoms with Gasteiger partial charge in [-0.25, -0.2) is 16.8 Å². The molecular weight excluding hydrogens is 408 g/mol. The molecule has 2 saturated heterocycles. The molecule has 29 heavy (non-hydrogen) atoms. The molecule has 0 bridgehead atoms. The summed E-state index contributed by atoms with van der Waals surface area (Å²) in [5.74, 6) is 0.00517. The molecule has 2 fully saturated rings. The Balaban J connectivity index is 1.66. The largest absolute Gasteiger partial charge is 0.317 e. The topological polar surface area (TPSA) is 83.6 Å². The first kappa shape index (κ1) is 22.2. The van der Waals surface area contributed by atoms with Crippen molar-refractivity contribution in [3.8, 4) is 0 Å². The monoisotopic (exact) mass is 438 g/mol. The van der Waals surface area contributed by atoms with Crippen LogP contribution in [0.2, 0.25) is 0 Å². The fraction of sp³-hybridized carbons (Fsp3) is 0.524. The Bertz CT molecular complexity index is 925. The van der Waals surface area contributed by atoms with E-state index >= 15 is 0 Å². The number of piperidine rings is 1. The number of nitrogens with zero attached hydrogens (tertiary/aromatic N) is 1. The predicted octanol–water partition coefficient (Wildman–Crippen LogP) is 2.25. The summed E-state index contributed by atoms with van der Waals surface area (Å²) in [4.78, 5) is 2.20. The van der Waals surface area contributed by atoms with E-state index < -0.39 is 25.0 Å². The Morgan fingerprint density at radius 3 is 2.28 bits per heavy atom. The average molecular weight is 439 g/mol. The molecule has 3 rings (SSSR count). The lowest BCUT2D eigenvalue weighted by Crippen LogP contribution is -2.37. The Morgan fingerprint density at radius 1 is 1.07 bits per heavy atom. The quantitative estimate of drug-likeness (QED) is 0.627. The third kappa shape index (κ3) is 5.36. The number of likely N-dealkylation sites (tertiary alicyclic amines) is 1. The number of rotatable bonds is 8. The first-order valence-electron chi connectivity index (χ1n) is 10.1. The van der Waals surface area contributed by atoms with E-state index in [1.54, 1.807) is 36.4 Å². The van der Waals surface area contributed by atoms with Crippen LogP contribution in [0, 0.1) is 0 Å². The van der Waals surface area contributed by atoms with Crippen LogP contribution in [0.15, 0.2) is 47.9 Å². The van der Waals surface area contributed by atoms with Gasteiger partial charge in [-0.3, -0.25) is 4.90 Å². The molecular formula is C21H30N2O4S2. The van der Waals surface area contributed by atoms with Crippen molar-refractivity contribution in [1.29, 1.82) is 0 Å². The third-order valence-electron chi connectivity index (χ3n) is 5.66. The zero-order valence-electron chi connectivity index (χ0n) is 16.7. The van der Waals surface area contributed by atoms with Gasteiger partial charge in [-0.2, -0.15) is 0 Å². The zero-order valence-corrected chi connectivity index (χ0v) is 18.3. The van der Waals surface area contributed by atoms with Crippen molar-refractivity contribution in [2.45, 2.75) is 41.2 Å². The minimum absolute atomic E-state index is 0.00517. The van der Waals surface area contributed by atoms with E-state index in [1.165, 1.54) is 6.08 Å². The predicted molar refractivity (Wildman–Crippen MR) is 117 cm³/mol. The molecule has 160 valence electrons. The second kappa shape index (κ2) is 9.55. The summed E-state index contributed by atoms with van der Waals surface area (Å²) >= 11 is 0. The van der Waals surface area contributed by atoms with E-state index in [0.29, 0.717) is 12.8 Å². The molecule has 0 spiro atoms. The Kier molecular flexibility index (Phi) is 7.32. The van der Waals surface area contributed by atoms with E-state index in [9.17, 15) is 16.8 Å². The van der Waals surface area contributed by atoms with Gasteiger partial charge < -0.3 is 5.32 Å². The van der Waals surface area contributed by atoms with E-state index in [4.69, 9.17) is 0 Å². The van der Waals surface area contributed by atoms with Crippen molar-refractivity contribution in [3.63, 3.8) is 0 Å². The molecule has 0 radical (unpaired) electrons. The van der Waals surface area contributed by atoms with Crippen molar-refractivity contribution in [2.24, 2.45) is 0 Å². The number of hydrogen-bond acceptors (Lipinski definition) is 6. The average Bonchev–Trinajstić information content (AvgIpc) is 3.23. The van der Waals surface area contributed by atoms with Crippen LogP contribution in [-0.4, -0.2) is 64.3 Å². The smallest absolute Gasteiger partial charge is 0.198 e. The van der Waals surface area contributed by atoms with Crippen molar-refractivity contribution < 1.29 is 16.8 Å². The maximum atomic E-state index is 13.0. The normalized spacial score (nSPS) is 20.8. The fourth-order valence-corrected chi connectivity index (χ4v) is 7.23. The molecule has 1 atom stereocenters. The van der Waals surface area contributed by atoms with Crippen LogP contribution in [0.3, 0.4) is 0 Å². The molecule has 6 nitrogen and oxygen atoms in total. The maximum absolute atomic E-state index is 13.0. The van der Waals surface area contributed by atoms with Crippen molar-refractivity contribution in [1.82, 2.24) is 10.2 Å². The van der Waals surface area contributed by atoms with Gasteiger partial charge in [-0.05, 0) is 69.6 Å². The van der Waals surface area contributed by atoms with Crippen molar-refractivity contribution in [2.75, 3.05) is 31.9 Å². The summed E-state index contributed by atoms with van der Waals surface area (Å²) < 4.78 is 50.8. The molecule has 1 aromatic carbocycles. The van der Waals surface area contributed by atoms with Gasteiger partial charge in [0.25, 0.3) is 0 Å². The van der Waals surface area contributed by atoms with Gasteiger partial charge in [0.1, 0.15) is 5.37 Å². The molecule has 1 N–H and O–H groups in total. The van der Waals surface area contributed by atoms with Crippen LogP contribution in [0.1, 0.15) is 31.2 Å². The molecule has 8 heteroatoms. The lowest BCUT2D eigenvalue weighted by Gasteiger charge is -2.24. The number of sulfone groups is 2. The molecule has 2 aliphatic heterocycles. The zero-order chi connectivity index (χ0) is 20.9. The standard InChI is InChI=1S/C21H30N2O4S2/c1-2-21(23-15-3-4-16-23)29(26,27)20-9-7-18(8-10-20)6-5-17-28(24,25)19-11-13-22-14-12-19/h2,5-10,19,21-22H,1,3-4,11-17H2. The SMILES string of the molecule is C=CC(N1CCCC1)S(=O)(=O)c1ccc(C=CCS(=O)(=O)C2CCNCC2)cc1. The molecule has 0 amide bonds. The highest BCUT2D eigenvalue weighted by Gasteiger charge is 2.32. The lowest BCUT2D eigenvalue weighted by molar-refractivity contribution is 0.339. The first-order valence-corrected chi connectivity index (χ1v) is 13.4. The highest BCUT2D eigenvalue weighted by atomic mass is 32.2. The van der Waals surface area contributed by atoms with Crippen LogP contribution in [0.5, 0.6) is 0 Å². The summed E-state index contributed by atoms with van der Waals surface area (Å²) in [5.41, 5.74) is 0.779. The van der Waals surface area contributed by atoms with Gasteiger partial charge in [0, 0.05) is 0 Å². The molecule has 0 aliphatic carbocycles. The Labute approximate surface area is 174 Å². The van der Waals surface area contributed by atoms with E-state index in [-0.39, 0.29) is 15.9 Å². The summed E-state index contributed by atoms with van der Waals surface area (Å²) in [6, 6.07) is 6.60. The van der Waals surface area contributed by atoms with Gasteiger partial charge in [0.2, 0.25) is 0 Å². The fourth-order valence-electron chi connectivity index (χ4n) is 3.99. The second-order valence-corrected chi connectivity index (χ2v) is 12.0. The summed E-state index contributed by atoms with van der Waals surface area (Å²) in [5, 5.41) is 2.19.